The van der Waals surface area contributed by atoms with Gasteiger partial charge in [-0.3, -0.25) is 9.78 Å². The molecule has 2 N–H and O–H groups in total. The van der Waals surface area contributed by atoms with Gasteiger partial charge >= 0.3 is 0 Å². The molecule has 0 saturated carbocycles. The number of nitrogens with one attached hydrogen (secondary N) is 2. The van der Waals surface area contributed by atoms with Crippen LogP contribution in [0.2, 0.25) is 5.28 Å². The average Bonchev–Trinajstić information content (AvgIpc) is 3.16. The lowest BCUT2D eigenvalue weighted by atomic mass is 10.1. The van der Waals surface area contributed by atoms with Crippen molar-refractivity contribution in [3.63, 3.8) is 0 Å². The van der Waals surface area contributed by atoms with Gasteiger partial charge in [-0.1, -0.05) is 6.07 Å². The van der Waals surface area contributed by atoms with Gasteiger partial charge in [-0.2, -0.15) is 4.98 Å². The smallest absolute Gasteiger partial charge is 0.263 e. The molecule has 1 aromatic carbocycles. The van der Waals surface area contributed by atoms with Crippen molar-refractivity contribution < 1.29 is 9.53 Å². The van der Waals surface area contributed by atoms with Crippen molar-refractivity contribution in [3.8, 4) is 22.9 Å². The highest BCUT2D eigenvalue weighted by molar-refractivity contribution is 7.21. The number of nitrogens with zero attached hydrogens (tertiary/aromatic N) is 4. The predicted octanol–water partition coefficient (Wildman–Crippen LogP) is 5.29. The number of pyridine rings is 2. The number of aromatic nitrogens is 4. The molecular formula is C24H17ClN6O2S. The van der Waals surface area contributed by atoms with E-state index in [0.717, 1.165) is 32.2 Å². The van der Waals surface area contributed by atoms with Gasteiger partial charge < -0.3 is 15.4 Å². The molecule has 1 aliphatic rings. The number of rotatable bonds is 3. The molecular weight excluding hydrogens is 472 g/mol. The van der Waals surface area contributed by atoms with Crippen LogP contribution in [-0.2, 0) is 0 Å². The minimum atomic E-state index is -0.0571. The Morgan fingerprint density at radius 2 is 2.06 bits per heavy atom. The van der Waals surface area contributed by atoms with Crippen LogP contribution in [0.4, 0.5) is 5.69 Å². The summed E-state index contributed by atoms with van der Waals surface area (Å²) in [6.45, 7) is 2.63. The molecule has 1 atom stereocenters. The quantitative estimate of drug-likeness (QED) is 0.332. The molecule has 5 aromatic rings. The maximum Gasteiger partial charge on any atom is 0.263 e. The Labute approximate surface area is 203 Å². The Hall–Kier alpha value is -3.82. The first-order valence-electron chi connectivity index (χ1n) is 10.6. The second kappa shape index (κ2) is 8.19. The van der Waals surface area contributed by atoms with E-state index < -0.39 is 0 Å². The zero-order valence-corrected chi connectivity index (χ0v) is 19.4. The van der Waals surface area contributed by atoms with Gasteiger partial charge in [0.2, 0.25) is 17.0 Å². The highest BCUT2D eigenvalue weighted by Crippen LogP contribution is 2.41. The molecule has 1 aliphatic heterocycles. The Morgan fingerprint density at radius 3 is 2.91 bits per heavy atom. The molecule has 0 saturated heterocycles. The van der Waals surface area contributed by atoms with Gasteiger partial charge in [0.15, 0.2) is 0 Å². The summed E-state index contributed by atoms with van der Waals surface area (Å²) < 4.78 is 7.08. The molecule has 4 aromatic heterocycles. The lowest BCUT2D eigenvalue weighted by Crippen LogP contribution is -2.34. The largest absolute Gasteiger partial charge is 0.420 e. The molecule has 0 unspecified atom stereocenters. The fourth-order valence-corrected chi connectivity index (χ4v) is 5.23. The Kier molecular flexibility index (Phi) is 5.00. The third-order valence-corrected chi connectivity index (χ3v) is 6.90. The summed E-state index contributed by atoms with van der Waals surface area (Å²) in [5.41, 5.74) is 3.05. The van der Waals surface area contributed by atoms with E-state index in [2.05, 4.69) is 25.6 Å². The van der Waals surface area contributed by atoms with Crippen molar-refractivity contribution in [2.24, 2.45) is 0 Å². The Bertz CT molecular complexity index is 1570. The lowest BCUT2D eigenvalue weighted by Gasteiger charge is -2.11. The van der Waals surface area contributed by atoms with E-state index in [-0.39, 0.29) is 23.1 Å². The van der Waals surface area contributed by atoms with Crippen LogP contribution in [0.15, 0.2) is 55.0 Å². The van der Waals surface area contributed by atoms with Gasteiger partial charge in [0, 0.05) is 58.3 Å². The number of carbonyl (C=O) groups is 1. The monoisotopic (exact) mass is 488 g/mol. The molecule has 0 spiro atoms. The number of ether oxygens (including phenoxy) is 1. The van der Waals surface area contributed by atoms with E-state index in [0.29, 0.717) is 22.9 Å². The van der Waals surface area contributed by atoms with Gasteiger partial charge in [-0.05, 0) is 42.8 Å². The standard InChI is InChI=1S/C24H17ClN6O2S/c1-12-9-27-20-19-14-4-7-18(30-16(14)5-6-17(19)34-21(20)22(32)29-12)33-23-15(11-28-24(25)31-23)13-3-2-8-26-10-13/h2-8,10-12,27H,9H2,1H3,(H,29,32)/t12-/m0/s1. The number of thiophene rings is 1. The second-order valence-corrected chi connectivity index (χ2v) is 9.31. The minimum Gasteiger partial charge on any atom is -0.420 e. The number of amides is 1. The van der Waals surface area contributed by atoms with Gasteiger partial charge in [0.25, 0.3) is 5.91 Å². The van der Waals surface area contributed by atoms with Crippen LogP contribution in [0.1, 0.15) is 16.6 Å². The molecule has 0 aliphatic carbocycles. The minimum absolute atomic E-state index is 0.0453. The SMILES string of the molecule is C[C@H]1CNc2c(sc3ccc4nc(Oc5nc(Cl)ncc5-c5cccnc5)ccc4c23)C(=O)N1. The number of fused-ring (bicyclic) bond motifs is 5. The summed E-state index contributed by atoms with van der Waals surface area (Å²) in [5.74, 6) is 0.600. The predicted molar refractivity (Wildman–Crippen MR) is 133 cm³/mol. The average molecular weight is 489 g/mol. The van der Waals surface area contributed by atoms with Crippen molar-refractivity contribution >= 4 is 55.5 Å². The van der Waals surface area contributed by atoms with Crippen molar-refractivity contribution in [1.29, 1.82) is 0 Å². The first-order valence-corrected chi connectivity index (χ1v) is 11.8. The van der Waals surface area contributed by atoms with Crippen LogP contribution in [0, 0.1) is 0 Å². The van der Waals surface area contributed by atoms with Crippen LogP contribution < -0.4 is 15.4 Å². The fraction of sp³-hybridized carbons (Fsp3) is 0.125. The van der Waals surface area contributed by atoms with Crippen LogP contribution in [-0.4, -0.2) is 38.4 Å². The molecule has 1 amide bonds. The van der Waals surface area contributed by atoms with Crippen LogP contribution in [0.3, 0.4) is 0 Å². The zero-order chi connectivity index (χ0) is 23.2. The van der Waals surface area contributed by atoms with Crippen LogP contribution in [0.5, 0.6) is 11.8 Å². The van der Waals surface area contributed by atoms with Crippen LogP contribution in [0.25, 0.3) is 32.1 Å². The maximum absolute atomic E-state index is 12.7. The van der Waals surface area contributed by atoms with E-state index in [1.54, 1.807) is 24.7 Å². The van der Waals surface area contributed by atoms with Gasteiger partial charge in [0.1, 0.15) is 4.88 Å². The molecule has 34 heavy (non-hydrogen) atoms. The molecule has 10 heteroatoms. The maximum atomic E-state index is 12.7. The molecule has 168 valence electrons. The molecule has 6 rings (SSSR count). The van der Waals surface area contributed by atoms with Crippen molar-refractivity contribution in [2.45, 2.75) is 13.0 Å². The third kappa shape index (κ3) is 3.59. The topological polar surface area (TPSA) is 102 Å². The number of anilines is 1. The van der Waals surface area contributed by atoms with E-state index in [1.807, 2.05) is 37.3 Å². The summed E-state index contributed by atoms with van der Waals surface area (Å²) >= 11 is 7.52. The van der Waals surface area contributed by atoms with Gasteiger partial charge in [-0.25, -0.2) is 9.97 Å². The van der Waals surface area contributed by atoms with E-state index in [9.17, 15) is 4.79 Å². The van der Waals surface area contributed by atoms with Crippen molar-refractivity contribution in [2.75, 3.05) is 11.9 Å². The highest BCUT2D eigenvalue weighted by Gasteiger charge is 2.25. The number of carbonyl (C=O) groups excluding carboxylic acids is 1. The molecule has 8 nitrogen and oxygen atoms in total. The van der Waals surface area contributed by atoms with Crippen molar-refractivity contribution in [1.82, 2.24) is 25.3 Å². The Morgan fingerprint density at radius 1 is 1.15 bits per heavy atom. The van der Waals surface area contributed by atoms with E-state index >= 15 is 0 Å². The number of hydrogen-bond donors (Lipinski definition) is 2. The van der Waals surface area contributed by atoms with Gasteiger partial charge in [0.05, 0.1) is 16.8 Å². The molecule has 0 fully saturated rings. The normalized spacial score (nSPS) is 15.5. The number of halogens is 1. The lowest BCUT2D eigenvalue weighted by molar-refractivity contribution is 0.0949. The number of hydrogen-bond acceptors (Lipinski definition) is 8. The molecule has 5 heterocycles. The molecule has 0 radical (unpaired) electrons. The zero-order valence-electron chi connectivity index (χ0n) is 17.9. The summed E-state index contributed by atoms with van der Waals surface area (Å²) in [7, 11) is 0. The highest BCUT2D eigenvalue weighted by atomic mass is 35.5. The van der Waals surface area contributed by atoms with Gasteiger partial charge in [-0.15, -0.1) is 11.3 Å². The van der Waals surface area contributed by atoms with Crippen molar-refractivity contribution in [3.05, 3.63) is 65.1 Å². The van der Waals surface area contributed by atoms with E-state index in [4.69, 9.17) is 21.3 Å². The summed E-state index contributed by atoms with van der Waals surface area (Å²) in [6, 6.07) is 11.4. The third-order valence-electron chi connectivity index (χ3n) is 5.56. The first-order chi connectivity index (χ1) is 16.6. The van der Waals surface area contributed by atoms with Crippen LogP contribution >= 0.6 is 22.9 Å². The molecule has 0 bridgehead atoms. The summed E-state index contributed by atoms with van der Waals surface area (Å²) in [6.07, 6.45) is 5.00. The first kappa shape index (κ1) is 20.8. The second-order valence-electron chi connectivity index (χ2n) is 7.92. The Balaban J connectivity index is 1.43. The summed E-state index contributed by atoms with van der Waals surface area (Å²) in [4.78, 5) is 30.5. The number of benzene rings is 1. The fourth-order valence-electron chi connectivity index (χ4n) is 4.01. The van der Waals surface area contributed by atoms with E-state index in [1.165, 1.54) is 11.3 Å². The summed E-state index contributed by atoms with van der Waals surface area (Å²) in [5, 5.41) is 8.45.